The molecule has 0 spiro atoms. The van der Waals surface area contributed by atoms with E-state index in [9.17, 15) is 14.4 Å². The molecule has 0 atom stereocenters. The summed E-state index contributed by atoms with van der Waals surface area (Å²) in [5.41, 5.74) is 7.58. The Labute approximate surface area is 168 Å². The van der Waals surface area contributed by atoms with Crippen LogP contribution in [0.2, 0.25) is 0 Å². The number of esters is 1. The van der Waals surface area contributed by atoms with Crippen LogP contribution in [0.4, 0.5) is 5.00 Å². The van der Waals surface area contributed by atoms with Crippen molar-refractivity contribution in [1.82, 2.24) is 0 Å². The van der Waals surface area contributed by atoms with Gasteiger partial charge in [0, 0.05) is 15.4 Å². The van der Waals surface area contributed by atoms with E-state index in [1.165, 1.54) is 17.4 Å². The summed E-state index contributed by atoms with van der Waals surface area (Å²) in [5.74, 6) is -1.70. The molecule has 0 radical (unpaired) electrons. The number of carbonyl (C=O) groups excluding carboxylic acids is 3. The lowest BCUT2D eigenvalue weighted by atomic mass is 10.1. The molecule has 1 aromatic carbocycles. The number of ether oxygens (including phenoxy) is 1. The number of anilines is 1. The van der Waals surface area contributed by atoms with E-state index in [4.69, 9.17) is 10.5 Å². The molecule has 3 N–H and O–H groups in total. The number of carbonyl (C=O) groups is 3. The largest absolute Gasteiger partial charge is 0.452 e. The maximum absolute atomic E-state index is 12.1. The van der Waals surface area contributed by atoms with Crippen molar-refractivity contribution in [2.75, 3.05) is 11.9 Å². The quantitative estimate of drug-likeness (QED) is 0.522. The van der Waals surface area contributed by atoms with Crippen molar-refractivity contribution in [2.45, 2.75) is 19.3 Å². The number of fused-ring (bicyclic) bond motifs is 1. The van der Waals surface area contributed by atoms with Gasteiger partial charge in [0.15, 0.2) is 6.61 Å². The lowest BCUT2D eigenvalue weighted by molar-refractivity contribution is -0.142. The predicted octanol–water partition coefficient (Wildman–Crippen LogP) is 3.29. The third-order valence-electron chi connectivity index (χ3n) is 4.03. The molecule has 1 aliphatic rings. The van der Waals surface area contributed by atoms with E-state index in [0.717, 1.165) is 39.7 Å². The molecule has 1 heterocycles. The highest BCUT2D eigenvalue weighted by Gasteiger charge is 2.26. The number of aryl methyl sites for hydroxylation is 1. The van der Waals surface area contributed by atoms with Crippen LogP contribution in [0, 0.1) is 0 Å². The number of hydrogen-bond donors (Lipinski definition) is 2. The predicted molar refractivity (Wildman–Crippen MR) is 108 cm³/mol. The minimum Gasteiger partial charge on any atom is -0.452 e. The van der Waals surface area contributed by atoms with Crippen LogP contribution in [0.3, 0.4) is 0 Å². The fraction of sp³-hybridized carbons (Fsp3) is 0.211. The molecule has 140 valence electrons. The summed E-state index contributed by atoms with van der Waals surface area (Å²) < 4.78 is 5.84. The Kier molecular flexibility index (Phi) is 6.08. The minimum absolute atomic E-state index is 0.377. The Balaban J connectivity index is 1.56. The number of nitrogens with one attached hydrogen (secondary N) is 1. The van der Waals surface area contributed by atoms with Gasteiger partial charge in [0.25, 0.3) is 11.8 Å². The van der Waals surface area contributed by atoms with Crippen LogP contribution < -0.4 is 11.1 Å². The SMILES string of the molecule is NC(=O)c1c(NC(=O)COC(=O)C=Cc2cccc(Br)c2)sc2c1CCC2. The number of halogens is 1. The molecule has 0 saturated heterocycles. The summed E-state index contributed by atoms with van der Waals surface area (Å²) in [6.07, 6.45) is 5.50. The number of rotatable bonds is 6. The van der Waals surface area contributed by atoms with Crippen LogP contribution in [0.15, 0.2) is 34.8 Å². The minimum atomic E-state index is -0.631. The molecular formula is C19H17BrN2O4S. The average Bonchev–Trinajstić information content (AvgIpc) is 3.18. The third kappa shape index (κ3) is 4.84. The fourth-order valence-electron chi connectivity index (χ4n) is 2.88. The summed E-state index contributed by atoms with van der Waals surface area (Å²) in [6, 6.07) is 7.40. The van der Waals surface area contributed by atoms with Crippen molar-refractivity contribution in [3.8, 4) is 0 Å². The summed E-state index contributed by atoms with van der Waals surface area (Å²) >= 11 is 4.70. The summed E-state index contributed by atoms with van der Waals surface area (Å²) in [6.45, 7) is -0.442. The standard InChI is InChI=1S/C19H17BrN2O4S/c20-12-4-1-3-11(9-12)7-8-16(24)26-10-15(23)22-19-17(18(21)25)13-5-2-6-14(13)27-19/h1,3-4,7-9H,2,5-6,10H2,(H2,21,25)(H,22,23). The van der Waals surface area contributed by atoms with Crippen molar-refractivity contribution in [1.29, 1.82) is 0 Å². The Morgan fingerprint density at radius 2 is 2.11 bits per heavy atom. The molecule has 3 rings (SSSR count). The molecule has 0 bridgehead atoms. The normalized spacial score (nSPS) is 12.8. The zero-order valence-corrected chi connectivity index (χ0v) is 16.7. The van der Waals surface area contributed by atoms with Crippen molar-refractivity contribution in [3.63, 3.8) is 0 Å². The van der Waals surface area contributed by atoms with Crippen molar-refractivity contribution in [3.05, 3.63) is 56.4 Å². The molecule has 8 heteroatoms. The third-order valence-corrected chi connectivity index (χ3v) is 5.73. The van der Waals surface area contributed by atoms with Crippen LogP contribution in [-0.4, -0.2) is 24.4 Å². The zero-order valence-electron chi connectivity index (χ0n) is 14.3. The van der Waals surface area contributed by atoms with Gasteiger partial charge in [0.1, 0.15) is 5.00 Å². The second kappa shape index (κ2) is 8.49. The molecule has 0 fully saturated rings. The molecule has 0 aliphatic heterocycles. The number of primary amides is 1. The number of nitrogens with two attached hydrogens (primary N) is 1. The zero-order chi connectivity index (χ0) is 19.4. The van der Waals surface area contributed by atoms with Crippen molar-refractivity contribution in [2.24, 2.45) is 5.73 Å². The fourth-order valence-corrected chi connectivity index (χ4v) is 4.60. The first-order valence-corrected chi connectivity index (χ1v) is 9.89. The lowest BCUT2D eigenvalue weighted by Crippen LogP contribution is -2.22. The first kappa shape index (κ1) is 19.3. The Hall–Kier alpha value is -2.45. The van der Waals surface area contributed by atoms with Crippen LogP contribution in [0.5, 0.6) is 0 Å². The van der Waals surface area contributed by atoms with Crippen LogP contribution >= 0.6 is 27.3 Å². The molecule has 6 nitrogen and oxygen atoms in total. The van der Waals surface area contributed by atoms with E-state index in [1.807, 2.05) is 24.3 Å². The number of benzene rings is 1. The lowest BCUT2D eigenvalue weighted by Gasteiger charge is -2.06. The van der Waals surface area contributed by atoms with E-state index >= 15 is 0 Å². The molecule has 2 aromatic rings. The second-order valence-corrected chi connectivity index (χ2v) is 7.99. The number of hydrogen-bond acceptors (Lipinski definition) is 5. The molecular weight excluding hydrogens is 432 g/mol. The second-order valence-electron chi connectivity index (χ2n) is 5.97. The molecule has 0 unspecified atom stereocenters. The van der Waals surface area contributed by atoms with Crippen LogP contribution in [0.1, 0.15) is 32.8 Å². The van der Waals surface area contributed by atoms with Gasteiger partial charge in [0.05, 0.1) is 5.56 Å². The maximum Gasteiger partial charge on any atom is 0.331 e. The van der Waals surface area contributed by atoms with E-state index < -0.39 is 24.4 Å². The number of thiophene rings is 1. The number of amides is 2. The van der Waals surface area contributed by atoms with E-state index in [-0.39, 0.29) is 0 Å². The van der Waals surface area contributed by atoms with Gasteiger partial charge in [-0.3, -0.25) is 9.59 Å². The van der Waals surface area contributed by atoms with Gasteiger partial charge >= 0.3 is 5.97 Å². The van der Waals surface area contributed by atoms with Gasteiger partial charge in [-0.05, 0) is 48.6 Å². The Morgan fingerprint density at radius 3 is 2.85 bits per heavy atom. The smallest absolute Gasteiger partial charge is 0.331 e. The molecule has 1 aliphatic carbocycles. The summed E-state index contributed by atoms with van der Waals surface area (Å²) in [7, 11) is 0. The average molecular weight is 449 g/mol. The van der Waals surface area contributed by atoms with E-state index in [1.54, 1.807) is 6.08 Å². The highest BCUT2D eigenvalue weighted by atomic mass is 79.9. The van der Waals surface area contributed by atoms with Gasteiger partial charge in [-0.2, -0.15) is 0 Å². The monoisotopic (exact) mass is 448 g/mol. The molecule has 1 aromatic heterocycles. The molecule has 2 amide bonds. The van der Waals surface area contributed by atoms with Crippen LogP contribution in [-0.2, 0) is 27.2 Å². The van der Waals surface area contributed by atoms with Gasteiger partial charge in [0.2, 0.25) is 0 Å². The first-order chi connectivity index (χ1) is 12.9. The summed E-state index contributed by atoms with van der Waals surface area (Å²) in [5, 5.41) is 3.06. The van der Waals surface area contributed by atoms with Crippen LogP contribution in [0.25, 0.3) is 6.08 Å². The van der Waals surface area contributed by atoms with E-state index in [2.05, 4.69) is 21.2 Å². The topological polar surface area (TPSA) is 98.5 Å². The van der Waals surface area contributed by atoms with Crippen molar-refractivity contribution < 1.29 is 19.1 Å². The van der Waals surface area contributed by atoms with Gasteiger partial charge in [-0.25, -0.2) is 4.79 Å². The molecule has 0 saturated carbocycles. The van der Waals surface area contributed by atoms with Gasteiger partial charge in [-0.1, -0.05) is 28.1 Å². The summed E-state index contributed by atoms with van der Waals surface area (Å²) in [4.78, 5) is 36.6. The Bertz CT molecular complexity index is 936. The van der Waals surface area contributed by atoms with Crippen molar-refractivity contribution >= 4 is 56.1 Å². The highest BCUT2D eigenvalue weighted by Crippen LogP contribution is 2.38. The van der Waals surface area contributed by atoms with Gasteiger partial charge in [-0.15, -0.1) is 11.3 Å². The highest BCUT2D eigenvalue weighted by molar-refractivity contribution is 9.10. The first-order valence-electron chi connectivity index (χ1n) is 8.28. The Morgan fingerprint density at radius 1 is 1.30 bits per heavy atom. The molecule has 27 heavy (non-hydrogen) atoms. The van der Waals surface area contributed by atoms with Gasteiger partial charge < -0.3 is 15.8 Å². The maximum atomic E-state index is 12.1. The van der Waals surface area contributed by atoms with E-state index in [0.29, 0.717) is 10.6 Å².